The second-order valence-electron chi connectivity index (χ2n) is 11.2. The molecule has 1 amide bonds. The van der Waals surface area contributed by atoms with Crippen LogP contribution < -0.4 is 15.5 Å². The van der Waals surface area contributed by atoms with Crippen LogP contribution in [0.25, 0.3) is 6.08 Å². The minimum absolute atomic E-state index is 0.231. The maximum Gasteiger partial charge on any atom is 0.258 e. The van der Waals surface area contributed by atoms with E-state index in [-0.39, 0.29) is 11.9 Å². The van der Waals surface area contributed by atoms with Gasteiger partial charge >= 0.3 is 0 Å². The van der Waals surface area contributed by atoms with Gasteiger partial charge in [-0.25, -0.2) is 8.78 Å². The smallest absolute Gasteiger partial charge is 0.258 e. The summed E-state index contributed by atoms with van der Waals surface area (Å²) < 4.78 is 33.0. The van der Waals surface area contributed by atoms with Gasteiger partial charge in [0.2, 0.25) is 0 Å². The molecule has 0 atom stereocenters. The van der Waals surface area contributed by atoms with E-state index in [0.29, 0.717) is 43.0 Å². The van der Waals surface area contributed by atoms with E-state index >= 15 is 0 Å². The quantitative estimate of drug-likeness (QED) is 0.382. The van der Waals surface area contributed by atoms with Crippen molar-refractivity contribution in [1.29, 1.82) is 0 Å². The number of likely N-dealkylation sites (N-methyl/N-ethyl adjacent to an activating group) is 1. The van der Waals surface area contributed by atoms with Gasteiger partial charge in [0.25, 0.3) is 5.91 Å². The zero-order valence-corrected chi connectivity index (χ0v) is 23.3. The Morgan fingerprint density at radius 3 is 2.56 bits per heavy atom. The lowest BCUT2D eigenvalue weighted by Gasteiger charge is -2.34. The molecule has 1 aromatic heterocycles. The number of carbonyl (C=O) groups is 1. The van der Waals surface area contributed by atoms with Gasteiger partial charge in [0, 0.05) is 74.1 Å². The number of anilines is 3. The Morgan fingerprint density at radius 1 is 1.05 bits per heavy atom. The third kappa shape index (κ3) is 6.44. The van der Waals surface area contributed by atoms with E-state index in [0.717, 1.165) is 79.7 Å². The number of hydrogen-bond acceptors (Lipinski definition) is 6. The van der Waals surface area contributed by atoms with Crippen LogP contribution in [-0.4, -0.2) is 73.5 Å². The normalized spacial score (nSPS) is 18.1. The van der Waals surface area contributed by atoms with Crippen LogP contribution in [0.3, 0.4) is 0 Å². The van der Waals surface area contributed by atoms with Crippen molar-refractivity contribution < 1.29 is 18.3 Å². The number of rotatable bonds is 7. The molecule has 0 radical (unpaired) electrons. The molecule has 2 fully saturated rings. The molecule has 3 heterocycles. The number of aromatic amines is 1. The number of nitrogens with one attached hydrogen (secondary N) is 3. The summed E-state index contributed by atoms with van der Waals surface area (Å²) in [6, 6.07) is 9.82. The monoisotopic (exact) mass is 562 g/mol. The zero-order valence-electron chi connectivity index (χ0n) is 23.3. The average Bonchev–Trinajstić information content (AvgIpc) is 3.35. The number of piperazine rings is 1. The Hall–Kier alpha value is -3.76. The van der Waals surface area contributed by atoms with Crippen molar-refractivity contribution in [2.45, 2.75) is 38.1 Å². The number of benzene rings is 2. The molecule has 3 aromatic rings. The molecule has 2 saturated heterocycles. The number of nitrogens with zero attached hydrogens (tertiary/aromatic N) is 3. The first-order chi connectivity index (χ1) is 19.9. The molecule has 10 heteroatoms. The molecule has 8 nitrogen and oxygen atoms in total. The van der Waals surface area contributed by atoms with Gasteiger partial charge in [0.15, 0.2) is 5.82 Å². The van der Waals surface area contributed by atoms with Crippen LogP contribution in [0.4, 0.5) is 26.0 Å². The predicted octanol–water partition coefficient (Wildman–Crippen LogP) is 4.86. The standard InChI is InChI=1S/C31H36F2N6O2/c1-38-8-10-39(11-9-38)25-3-4-26(29(19-25)34-24-6-12-41-13-7-24)31(40)35-30-27-17-20(2-5-28(27)36-37-30)14-21-15-22(32)18-23(33)16-21/h3-4,15-19,24,34H,2,5-14H2,1H3,(H2,35,36,37,40). The Labute approximate surface area is 238 Å². The number of aryl methyl sites for hydroxylation is 1. The van der Waals surface area contributed by atoms with E-state index in [2.05, 4.69) is 43.7 Å². The Morgan fingerprint density at radius 2 is 1.80 bits per heavy atom. The van der Waals surface area contributed by atoms with Gasteiger partial charge in [-0.3, -0.25) is 9.89 Å². The lowest BCUT2D eigenvalue weighted by atomic mass is 9.92. The van der Waals surface area contributed by atoms with Gasteiger partial charge in [-0.2, -0.15) is 5.10 Å². The number of fused-ring (bicyclic) bond motifs is 1. The molecular formula is C31H36F2N6O2. The molecule has 1 aliphatic carbocycles. The molecule has 0 bridgehead atoms. The van der Waals surface area contributed by atoms with Crippen molar-refractivity contribution in [2.24, 2.45) is 0 Å². The van der Waals surface area contributed by atoms with Crippen LogP contribution in [0, 0.1) is 11.6 Å². The summed E-state index contributed by atoms with van der Waals surface area (Å²) in [7, 11) is 2.14. The molecule has 2 aliphatic heterocycles. The van der Waals surface area contributed by atoms with Crippen LogP contribution in [0.15, 0.2) is 42.0 Å². The van der Waals surface area contributed by atoms with Crippen LogP contribution in [0.5, 0.6) is 0 Å². The first-order valence-corrected chi connectivity index (χ1v) is 14.4. The predicted molar refractivity (Wildman–Crippen MR) is 157 cm³/mol. The fraction of sp³-hybridized carbons (Fsp3) is 0.419. The lowest BCUT2D eigenvalue weighted by Crippen LogP contribution is -2.44. The van der Waals surface area contributed by atoms with Gasteiger partial charge < -0.3 is 25.2 Å². The Balaban J connectivity index is 1.23. The molecule has 3 aliphatic rings. The van der Waals surface area contributed by atoms with E-state index in [1.165, 1.54) is 12.1 Å². The highest BCUT2D eigenvalue weighted by Gasteiger charge is 2.24. The molecular weight excluding hydrogens is 526 g/mol. The highest BCUT2D eigenvalue weighted by atomic mass is 19.1. The van der Waals surface area contributed by atoms with Crippen LogP contribution in [0.1, 0.15) is 46.4 Å². The molecule has 6 rings (SSSR count). The van der Waals surface area contributed by atoms with Gasteiger partial charge in [-0.05, 0) is 81.1 Å². The van der Waals surface area contributed by atoms with E-state index in [1.807, 2.05) is 18.2 Å². The minimum atomic E-state index is -0.586. The molecule has 3 N–H and O–H groups in total. The van der Waals surface area contributed by atoms with Crippen molar-refractivity contribution in [3.63, 3.8) is 0 Å². The third-order valence-electron chi connectivity index (χ3n) is 8.21. The molecule has 0 saturated carbocycles. The summed E-state index contributed by atoms with van der Waals surface area (Å²) in [5, 5.41) is 14.1. The second-order valence-corrected chi connectivity index (χ2v) is 11.2. The van der Waals surface area contributed by atoms with E-state index in [1.54, 1.807) is 0 Å². The maximum atomic E-state index is 13.7. The van der Waals surface area contributed by atoms with E-state index < -0.39 is 11.6 Å². The first-order valence-electron chi connectivity index (χ1n) is 14.4. The summed E-state index contributed by atoms with van der Waals surface area (Å²) in [5.74, 6) is -0.964. The molecule has 41 heavy (non-hydrogen) atoms. The van der Waals surface area contributed by atoms with E-state index in [4.69, 9.17) is 4.74 Å². The van der Waals surface area contributed by atoms with Crippen molar-refractivity contribution in [3.8, 4) is 0 Å². The number of carbonyl (C=O) groups excluding carboxylic acids is 1. The maximum absolute atomic E-state index is 13.7. The number of aromatic nitrogens is 2. The summed E-state index contributed by atoms with van der Waals surface area (Å²) in [4.78, 5) is 18.4. The largest absolute Gasteiger partial charge is 0.381 e. The average molecular weight is 563 g/mol. The van der Waals surface area contributed by atoms with Crippen molar-refractivity contribution in [2.75, 3.05) is 62.0 Å². The van der Waals surface area contributed by atoms with Crippen molar-refractivity contribution in [1.82, 2.24) is 15.1 Å². The molecule has 2 aromatic carbocycles. The first kappa shape index (κ1) is 27.4. The fourth-order valence-electron chi connectivity index (χ4n) is 5.85. The van der Waals surface area contributed by atoms with Gasteiger partial charge in [-0.1, -0.05) is 5.57 Å². The summed E-state index contributed by atoms with van der Waals surface area (Å²) >= 11 is 0. The molecule has 0 unspecified atom stereocenters. The van der Waals surface area contributed by atoms with Gasteiger partial charge in [0.1, 0.15) is 11.6 Å². The van der Waals surface area contributed by atoms with Crippen molar-refractivity contribution >= 4 is 29.2 Å². The molecule has 0 spiro atoms. The Kier molecular flexibility index (Phi) is 8.02. The van der Waals surface area contributed by atoms with Crippen LogP contribution in [-0.2, 0) is 17.6 Å². The highest BCUT2D eigenvalue weighted by Crippen LogP contribution is 2.32. The highest BCUT2D eigenvalue weighted by molar-refractivity contribution is 6.09. The van der Waals surface area contributed by atoms with Gasteiger partial charge in [0.05, 0.1) is 5.56 Å². The number of hydrogen-bond donors (Lipinski definition) is 3. The van der Waals surface area contributed by atoms with E-state index in [9.17, 15) is 13.6 Å². The number of halogens is 2. The third-order valence-corrected chi connectivity index (χ3v) is 8.21. The number of allylic oxidation sites excluding steroid dienone is 1. The summed E-state index contributed by atoms with van der Waals surface area (Å²) in [5.41, 5.74) is 5.81. The number of ether oxygens (including phenoxy) is 1. The van der Waals surface area contributed by atoms with Crippen LogP contribution in [0.2, 0.25) is 0 Å². The summed E-state index contributed by atoms with van der Waals surface area (Å²) in [6.07, 6.45) is 5.62. The number of H-pyrrole nitrogens is 1. The minimum Gasteiger partial charge on any atom is -0.381 e. The fourth-order valence-corrected chi connectivity index (χ4v) is 5.85. The summed E-state index contributed by atoms with van der Waals surface area (Å²) in [6.45, 7) is 5.28. The number of amides is 1. The SMILES string of the molecule is CN1CCN(c2ccc(C(=O)Nc3n[nH]c4c3C=C(Cc3cc(F)cc(F)c3)CC4)c(NC3CCOCC3)c2)CC1. The zero-order chi connectivity index (χ0) is 28.3. The molecule has 216 valence electrons. The topological polar surface area (TPSA) is 85.5 Å². The van der Waals surface area contributed by atoms with Gasteiger partial charge in [-0.15, -0.1) is 0 Å². The Bertz CT molecular complexity index is 1420. The second kappa shape index (κ2) is 12.0. The van der Waals surface area contributed by atoms with Crippen molar-refractivity contribution in [3.05, 3.63) is 76.0 Å². The lowest BCUT2D eigenvalue weighted by molar-refractivity contribution is 0.0904. The van der Waals surface area contributed by atoms with Crippen LogP contribution >= 0.6 is 0 Å².